The zero-order chi connectivity index (χ0) is 19.4. The molecule has 0 unspecified atom stereocenters. The van der Waals surface area contributed by atoms with E-state index < -0.39 is 24.2 Å². The number of hydrogen-bond donors (Lipinski definition) is 1. The Hall–Kier alpha value is -3.54. The van der Waals surface area contributed by atoms with E-state index in [4.69, 9.17) is 4.74 Å². The molecular weight excluding hydrogens is 349 g/mol. The maximum atomic E-state index is 14.1. The molecule has 0 heterocycles. The van der Waals surface area contributed by atoms with E-state index in [1.54, 1.807) is 24.3 Å². The number of carbonyl (C=O) groups is 3. The fourth-order valence-corrected chi connectivity index (χ4v) is 2.71. The molecule has 5 nitrogen and oxygen atoms in total. The minimum Gasteiger partial charge on any atom is -0.454 e. The summed E-state index contributed by atoms with van der Waals surface area (Å²) in [5.41, 5.74) is 0.362. The van der Waals surface area contributed by atoms with Gasteiger partial charge in [0.2, 0.25) is 11.7 Å². The Morgan fingerprint density at radius 3 is 2.44 bits per heavy atom. The number of esters is 1. The SMILES string of the molecule is CC(=O)Nc1ccc(C(=O)COC(=O)c2cccc3ccccc23)c(F)c1. The topological polar surface area (TPSA) is 72.5 Å². The van der Waals surface area contributed by atoms with E-state index in [0.29, 0.717) is 10.9 Å². The average molecular weight is 365 g/mol. The van der Waals surface area contributed by atoms with Crippen LogP contribution in [0.3, 0.4) is 0 Å². The number of ketones is 1. The van der Waals surface area contributed by atoms with Gasteiger partial charge in [-0.1, -0.05) is 36.4 Å². The number of nitrogens with one attached hydrogen (secondary N) is 1. The zero-order valence-electron chi connectivity index (χ0n) is 14.5. The predicted molar refractivity (Wildman–Crippen MR) is 99.3 cm³/mol. The lowest BCUT2D eigenvalue weighted by molar-refractivity contribution is -0.114. The van der Waals surface area contributed by atoms with Gasteiger partial charge in [0.25, 0.3) is 0 Å². The Labute approximate surface area is 154 Å². The lowest BCUT2D eigenvalue weighted by atomic mass is 10.0. The molecule has 27 heavy (non-hydrogen) atoms. The Kier molecular flexibility index (Phi) is 5.26. The van der Waals surface area contributed by atoms with E-state index in [-0.39, 0.29) is 17.2 Å². The lowest BCUT2D eigenvalue weighted by Gasteiger charge is -2.08. The third-order valence-corrected chi connectivity index (χ3v) is 3.93. The first-order valence-corrected chi connectivity index (χ1v) is 8.21. The van der Waals surface area contributed by atoms with Crippen molar-refractivity contribution in [2.75, 3.05) is 11.9 Å². The first kappa shape index (κ1) is 18.3. The summed E-state index contributed by atoms with van der Waals surface area (Å²) in [6.07, 6.45) is 0. The third-order valence-electron chi connectivity index (χ3n) is 3.93. The fourth-order valence-electron chi connectivity index (χ4n) is 2.71. The van der Waals surface area contributed by atoms with Crippen LogP contribution in [0.2, 0.25) is 0 Å². The number of rotatable bonds is 5. The van der Waals surface area contributed by atoms with Crippen molar-refractivity contribution >= 4 is 34.1 Å². The summed E-state index contributed by atoms with van der Waals surface area (Å²) in [5, 5.41) is 4.01. The molecule has 0 saturated carbocycles. The van der Waals surface area contributed by atoms with Gasteiger partial charge in [0.1, 0.15) is 5.82 Å². The van der Waals surface area contributed by atoms with Gasteiger partial charge in [0.15, 0.2) is 6.61 Å². The molecule has 0 fully saturated rings. The number of amides is 1. The molecular formula is C21H16FNO4. The van der Waals surface area contributed by atoms with Crippen LogP contribution in [0.5, 0.6) is 0 Å². The summed E-state index contributed by atoms with van der Waals surface area (Å²) in [7, 11) is 0. The molecule has 3 rings (SSSR count). The molecule has 0 radical (unpaired) electrons. The molecule has 0 aliphatic rings. The van der Waals surface area contributed by atoms with Gasteiger partial charge in [-0.3, -0.25) is 9.59 Å². The van der Waals surface area contributed by atoms with Crippen molar-refractivity contribution in [2.45, 2.75) is 6.92 Å². The summed E-state index contributed by atoms with van der Waals surface area (Å²) >= 11 is 0. The Morgan fingerprint density at radius 2 is 1.70 bits per heavy atom. The van der Waals surface area contributed by atoms with Crippen LogP contribution in [-0.2, 0) is 9.53 Å². The summed E-state index contributed by atoms with van der Waals surface area (Å²) in [6, 6.07) is 16.2. The number of ether oxygens (including phenoxy) is 1. The van der Waals surface area contributed by atoms with Crippen molar-refractivity contribution < 1.29 is 23.5 Å². The average Bonchev–Trinajstić information content (AvgIpc) is 2.65. The molecule has 6 heteroatoms. The first-order chi connectivity index (χ1) is 13.0. The van der Waals surface area contributed by atoms with E-state index in [1.165, 1.54) is 19.1 Å². The number of Topliss-reactive ketones (excluding diaryl/α,β-unsaturated/α-hetero) is 1. The molecule has 0 spiro atoms. The number of benzene rings is 3. The van der Waals surface area contributed by atoms with Gasteiger partial charge >= 0.3 is 5.97 Å². The second kappa shape index (κ2) is 7.78. The van der Waals surface area contributed by atoms with E-state index >= 15 is 0 Å². The number of halogens is 1. The van der Waals surface area contributed by atoms with Gasteiger partial charge in [-0.25, -0.2) is 9.18 Å². The maximum Gasteiger partial charge on any atom is 0.339 e. The third kappa shape index (κ3) is 4.17. The maximum absolute atomic E-state index is 14.1. The normalized spacial score (nSPS) is 10.4. The van der Waals surface area contributed by atoms with Crippen molar-refractivity contribution in [3.05, 3.63) is 77.6 Å². The van der Waals surface area contributed by atoms with Crippen LogP contribution < -0.4 is 5.32 Å². The van der Waals surface area contributed by atoms with E-state index in [9.17, 15) is 18.8 Å². The van der Waals surface area contributed by atoms with Gasteiger partial charge < -0.3 is 10.1 Å². The summed E-state index contributed by atoms with van der Waals surface area (Å²) < 4.78 is 19.2. The van der Waals surface area contributed by atoms with Crippen LogP contribution >= 0.6 is 0 Å². The highest BCUT2D eigenvalue weighted by Gasteiger charge is 2.17. The van der Waals surface area contributed by atoms with Crippen LogP contribution in [0.15, 0.2) is 60.7 Å². The molecule has 1 N–H and O–H groups in total. The molecule has 136 valence electrons. The first-order valence-electron chi connectivity index (χ1n) is 8.21. The molecule has 0 atom stereocenters. The van der Waals surface area contributed by atoms with Crippen molar-refractivity contribution in [3.8, 4) is 0 Å². The second-order valence-corrected chi connectivity index (χ2v) is 5.90. The van der Waals surface area contributed by atoms with Gasteiger partial charge in [-0.15, -0.1) is 0 Å². The molecule has 0 aliphatic heterocycles. The molecule has 0 aromatic heterocycles. The predicted octanol–water partition coefficient (Wildman–Crippen LogP) is 3.98. The fraction of sp³-hybridized carbons (Fsp3) is 0.0952. The van der Waals surface area contributed by atoms with Crippen LogP contribution in [0.25, 0.3) is 10.8 Å². The monoisotopic (exact) mass is 365 g/mol. The smallest absolute Gasteiger partial charge is 0.339 e. The van der Waals surface area contributed by atoms with Crippen molar-refractivity contribution in [2.24, 2.45) is 0 Å². The molecule has 3 aromatic carbocycles. The zero-order valence-corrected chi connectivity index (χ0v) is 14.5. The Morgan fingerprint density at radius 1 is 0.963 bits per heavy atom. The largest absolute Gasteiger partial charge is 0.454 e. The van der Waals surface area contributed by atoms with Crippen LogP contribution in [0.1, 0.15) is 27.6 Å². The van der Waals surface area contributed by atoms with Crippen molar-refractivity contribution in [1.82, 2.24) is 0 Å². The summed E-state index contributed by atoms with van der Waals surface area (Å²) in [5.74, 6) is -2.48. The van der Waals surface area contributed by atoms with Gasteiger partial charge in [0, 0.05) is 12.6 Å². The van der Waals surface area contributed by atoms with Crippen molar-refractivity contribution in [1.29, 1.82) is 0 Å². The van der Waals surface area contributed by atoms with Crippen LogP contribution in [-0.4, -0.2) is 24.3 Å². The van der Waals surface area contributed by atoms with E-state index in [2.05, 4.69) is 5.32 Å². The molecule has 0 aliphatic carbocycles. The minimum absolute atomic E-state index is 0.213. The Balaban J connectivity index is 1.72. The minimum atomic E-state index is -0.799. The summed E-state index contributed by atoms with van der Waals surface area (Å²) in [4.78, 5) is 35.5. The summed E-state index contributed by atoms with van der Waals surface area (Å²) in [6.45, 7) is 0.710. The van der Waals surface area contributed by atoms with Gasteiger partial charge in [-0.05, 0) is 35.0 Å². The number of hydrogen-bond acceptors (Lipinski definition) is 4. The molecule has 3 aromatic rings. The van der Waals surface area contributed by atoms with E-state index in [1.807, 2.05) is 18.2 Å². The van der Waals surface area contributed by atoms with Crippen LogP contribution in [0, 0.1) is 5.82 Å². The highest BCUT2D eigenvalue weighted by molar-refractivity contribution is 6.06. The number of fused-ring (bicyclic) bond motifs is 1. The standard InChI is InChI=1S/C21H16FNO4/c1-13(24)23-15-9-10-18(19(22)11-15)20(25)12-27-21(26)17-8-4-6-14-5-2-3-7-16(14)17/h2-11H,12H2,1H3,(H,23,24). The molecule has 1 amide bonds. The quantitative estimate of drug-likeness (QED) is 0.548. The highest BCUT2D eigenvalue weighted by Crippen LogP contribution is 2.20. The van der Waals surface area contributed by atoms with Gasteiger partial charge in [0.05, 0.1) is 11.1 Å². The second-order valence-electron chi connectivity index (χ2n) is 5.90. The number of carbonyl (C=O) groups excluding carboxylic acids is 3. The van der Waals surface area contributed by atoms with E-state index in [0.717, 1.165) is 11.5 Å². The highest BCUT2D eigenvalue weighted by atomic mass is 19.1. The molecule has 0 bridgehead atoms. The number of anilines is 1. The lowest BCUT2D eigenvalue weighted by Crippen LogP contribution is -2.16. The van der Waals surface area contributed by atoms with Crippen LogP contribution in [0.4, 0.5) is 10.1 Å². The van der Waals surface area contributed by atoms with Gasteiger partial charge in [-0.2, -0.15) is 0 Å². The van der Waals surface area contributed by atoms with Crippen molar-refractivity contribution in [3.63, 3.8) is 0 Å². The molecule has 0 saturated heterocycles. The Bertz CT molecular complexity index is 1040.